The second kappa shape index (κ2) is 5.59. The summed E-state index contributed by atoms with van der Waals surface area (Å²) in [5.74, 6) is 1.26. The summed E-state index contributed by atoms with van der Waals surface area (Å²) < 4.78 is 32.5. The SMILES string of the molecule is COc1ccccc1S(=O)(=O)N1C[C@H]2CCC(N)C[C@H]2C1. The van der Waals surface area contributed by atoms with E-state index in [0.717, 1.165) is 19.3 Å². The zero-order valence-corrected chi connectivity index (χ0v) is 13.1. The maximum absolute atomic E-state index is 12.9. The molecule has 1 aromatic carbocycles. The number of nitrogens with two attached hydrogens (primary N) is 1. The maximum Gasteiger partial charge on any atom is 0.246 e. The third-order valence-corrected chi connectivity index (χ3v) is 6.61. The quantitative estimate of drug-likeness (QED) is 0.917. The molecule has 116 valence electrons. The summed E-state index contributed by atoms with van der Waals surface area (Å²) in [6, 6.07) is 7.03. The van der Waals surface area contributed by atoms with E-state index in [4.69, 9.17) is 10.5 Å². The lowest BCUT2D eigenvalue weighted by atomic mass is 9.79. The highest BCUT2D eigenvalue weighted by Crippen LogP contribution is 2.39. The van der Waals surface area contributed by atoms with Crippen LogP contribution in [-0.2, 0) is 10.0 Å². The van der Waals surface area contributed by atoms with Crippen LogP contribution in [0, 0.1) is 11.8 Å². The third kappa shape index (κ3) is 2.67. The van der Waals surface area contributed by atoms with Crippen LogP contribution >= 0.6 is 0 Å². The summed E-state index contributed by atoms with van der Waals surface area (Å²) in [6.07, 6.45) is 2.97. The van der Waals surface area contributed by atoms with Crippen molar-refractivity contribution in [1.29, 1.82) is 0 Å². The largest absolute Gasteiger partial charge is 0.495 e. The van der Waals surface area contributed by atoms with Gasteiger partial charge in [0.25, 0.3) is 0 Å². The second-order valence-electron chi connectivity index (χ2n) is 6.07. The highest BCUT2D eigenvalue weighted by atomic mass is 32.2. The number of hydrogen-bond acceptors (Lipinski definition) is 4. The summed E-state index contributed by atoms with van der Waals surface area (Å²) in [6.45, 7) is 1.19. The molecule has 5 nitrogen and oxygen atoms in total. The molecule has 2 fully saturated rings. The molecule has 1 heterocycles. The molecular weight excluding hydrogens is 288 g/mol. The van der Waals surface area contributed by atoms with Gasteiger partial charge in [-0.05, 0) is 43.2 Å². The van der Waals surface area contributed by atoms with Gasteiger partial charge in [-0.2, -0.15) is 4.31 Å². The van der Waals surface area contributed by atoms with E-state index in [9.17, 15) is 8.42 Å². The van der Waals surface area contributed by atoms with Crippen molar-refractivity contribution in [2.24, 2.45) is 17.6 Å². The van der Waals surface area contributed by atoms with Gasteiger partial charge < -0.3 is 10.5 Å². The van der Waals surface area contributed by atoms with Gasteiger partial charge in [-0.3, -0.25) is 0 Å². The van der Waals surface area contributed by atoms with Gasteiger partial charge in [0, 0.05) is 19.1 Å². The van der Waals surface area contributed by atoms with Crippen LogP contribution in [0.4, 0.5) is 0 Å². The number of ether oxygens (including phenoxy) is 1. The molecule has 0 radical (unpaired) electrons. The Kier molecular flexibility index (Phi) is 3.94. The van der Waals surface area contributed by atoms with Crippen molar-refractivity contribution >= 4 is 10.0 Å². The maximum atomic E-state index is 12.9. The normalized spacial score (nSPS) is 30.1. The van der Waals surface area contributed by atoms with E-state index < -0.39 is 10.0 Å². The minimum atomic E-state index is -3.49. The molecule has 1 aromatic rings. The second-order valence-corrected chi connectivity index (χ2v) is 7.97. The summed E-state index contributed by atoms with van der Waals surface area (Å²) in [7, 11) is -1.99. The molecule has 1 saturated heterocycles. The van der Waals surface area contributed by atoms with Crippen LogP contribution in [-0.4, -0.2) is 39.0 Å². The molecule has 0 bridgehead atoms. The van der Waals surface area contributed by atoms with Gasteiger partial charge in [-0.25, -0.2) is 8.42 Å². The van der Waals surface area contributed by atoms with E-state index in [1.54, 1.807) is 28.6 Å². The lowest BCUT2D eigenvalue weighted by Gasteiger charge is -2.28. The summed E-state index contributed by atoms with van der Waals surface area (Å²) in [4.78, 5) is 0.260. The van der Waals surface area contributed by atoms with Crippen molar-refractivity contribution < 1.29 is 13.2 Å². The Hall–Kier alpha value is -1.11. The van der Waals surface area contributed by atoms with E-state index in [1.165, 1.54) is 7.11 Å². The van der Waals surface area contributed by atoms with Crippen molar-refractivity contribution in [1.82, 2.24) is 4.31 Å². The minimum absolute atomic E-state index is 0.222. The molecule has 1 unspecified atom stereocenters. The van der Waals surface area contributed by atoms with Gasteiger partial charge in [0.05, 0.1) is 7.11 Å². The summed E-state index contributed by atoms with van der Waals surface area (Å²) in [5.41, 5.74) is 6.01. The Morgan fingerprint density at radius 3 is 2.67 bits per heavy atom. The van der Waals surface area contributed by atoms with Crippen LogP contribution in [0.25, 0.3) is 0 Å². The average molecular weight is 310 g/mol. The van der Waals surface area contributed by atoms with E-state index in [2.05, 4.69) is 0 Å². The molecule has 2 aliphatic rings. The number of rotatable bonds is 3. The van der Waals surface area contributed by atoms with Crippen molar-refractivity contribution in [2.75, 3.05) is 20.2 Å². The van der Waals surface area contributed by atoms with Crippen molar-refractivity contribution in [3.05, 3.63) is 24.3 Å². The molecule has 2 N–H and O–H groups in total. The van der Waals surface area contributed by atoms with E-state index in [1.807, 2.05) is 0 Å². The van der Waals surface area contributed by atoms with E-state index >= 15 is 0 Å². The highest BCUT2D eigenvalue weighted by molar-refractivity contribution is 7.89. The number of nitrogens with zero attached hydrogens (tertiary/aromatic N) is 1. The van der Waals surface area contributed by atoms with Crippen LogP contribution in [0.1, 0.15) is 19.3 Å². The Balaban J connectivity index is 1.86. The predicted octanol–water partition coefficient (Wildman–Crippen LogP) is 1.44. The number of sulfonamides is 1. The zero-order chi connectivity index (χ0) is 15.0. The Morgan fingerprint density at radius 1 is 1.19 bits per heavy atom. The number of methoxy groups -OCH3 is 1. The van der Waals surface area contributed by atoms with Gasteiger partial charge in [-0.15, -0.1) is 0 Å². The summed E-state index contributed by atoms with van der Waals surface area (Å²) in [5, 5.41) is 0. The van der Waals surface area contributed by atoms with Gasteiger partial charge >= 0.3 is 0 Å². The Labute approximate surface area is 126 Å². The fraction of sp³-hybridized carbons (Fsp3) is 0.600. The number of fused-ring (bicyclic) bond motifs is 1. The first-order valence-corrected chi connectivity index (χ1v) is 8.85. The van der Waals surface area contributed by atoms with Gasteiger partial charge in [0.2, 0.25) is 10.0 Å². The first-order chi connectivity index (χ1) is 10.0. The number of para-hydroxylation sites is 1. The minimum Gasteiger partial charge on any atom is -0.495 e. The number of hydrogen-bond donors (Lipinski definition) is 1. The molecule has 0 spiro atoms. The van der Waals surface area contributed by atoms with E-state index in [-0.39, 0.29) is 10.9 Å². The highest BCUT2D eigenvalue weighted by Gasteiger charge is 2.42. The molecule has 1 saturated carbocycles. The zero-order valence-electron chi connectivity index (χ0n) is 12.2. The van der Waals surface area contributed by atoms with Gasteiger partial charge in [-0.1, -0.05) is 12.1 Å². The molecule has 3 atom stereocenters. The van der Waals surface area contributed by atoms with Crippen molar-refractivity contribution in [3.63, 3.8) is 0 Å². The lowest BCUT2D eigenvalue weighted by molar-refractivity contribution is 0.271. The number of benzene rings is 1. The molecule has 6 heteroatoms. The van der Waals surface area contributed by atoms with Gasteiger partial charge in [0.15, 0.2) is 0 Å². The first-order valence-electron chi connectivity index (χ1n) is 7.41. The Morgan fingerprint density at radius 2 is 1.90 bits per heavy atom. The van der Waals surface area contributed by atoms with E-state index in [0.29, 0.717) is 30.7 Å². The van der Waals surface area contributed by atoms with Crippen LogP contribution < -0.4 is 10.5 Å². The fourth-order valence-corrected chi connectivity index (χ4v) is 5.30. The molecule has 21 heavy (non-hydrogen) atoms. The van der Waals surface area contributed by atoms with Gasteiger partial charge in [0.1, 0.15) is 10.6 Å². The fourth-order valence-electron chi connectivity index (χ4n) is 3.59. The lowest BCUT2D eigenvalue weighted by Crippen LogP contribution is -2.32. The van der Waals surface area contributed by atoms with Crippen LogP contribution in [0.15, 0.2) is 29.2 Å². The Bertz CT molecular complexity index is 617. The topological polar surface area (TPSA) is 72.6 Å². The molecule has 1 aliphatic heterocycles. The van der Waals surface area contributed by atoms with Crippen molar-refractivity contribution in [3.8, 4) is 5.75 Å². The molecule has 3 rings (SSSR count). The monoisotopic (exact) mass is 310 g/mol. The predicted molar refractivity (Wildman–Crippen MR) is 80.6 cm³/mol. The summed E-state index contributed by atoms with van der Waals surface area (Å²) >= 11 is 0. The smallest absolute Gasteiger partial charge is 0.246 e. The van der Waals surface area contributed by atoms with Crippen LogP contribution in [0.3, 0.4) is 0 Å². The first kappa shape index (κ1) is 14.8. The standard InChI is InChI=1S/C15H22N2O3S/c1-20-14-4-2-3-5-15(14)21(18,19)17-9-11-6-7-13(16)8-12(11)10-17/h2-5,11-13H,6-10,16H2,1H3/t11-,12+,13?/m1/s1. The molecular formula is C15H22N2O3S. The third-order valence-electron chi connectivity index (χ3n) is 4.74. The molecule has 1 aliphatic carbocycles. The van der Waals surface area contributed by atoms with Crippen LogP contribution in [0.5, 0.6) is 5.75 Å². The van der Waals surface area contributed by atoms with Crippen molar-refractivity contribution in [2.45, 2.75) is 30.2 Å². The molecule has 0 aromatic heterocycles. The molecule has 0 amide bonds. The average Bonchev–Trinajstić information content (AvgIpc) is 2.91. The van der Waals surface area contributed by atoms with Crippen LogP contribution in [0.2, 0.25) is 0 Å².